The summed E-state index contributed by atoms with van der Waals surface area (Å²) in [6.45, 7) is 3.68. The third kappa shape index (κ3) is 3.16. The van der Waals surface area contributed by atoms with E-state index in [0.29, 0.717) is 17.7 Å². The van der Waals surface area contributed by atoms with Crippen molar-refractivity contribution in [2.75, 3.05) is 7.11 Å². The van der Waals surface area contributed by atoms with E-state index in [2.05, 4.69) is 0 Å². The fraction of sp³-hybridized carbons (Fsp3) is 0.421. The standard InChI is InChI=1S/C19H21NO5/c1-11(2)25-19(23)15-8-7-14-16(15)18(22)20(17(14)21)10-12-5-4-6-13(9-12)24-3/h4-6,8-9,11,14,16H,7,10H2,1-3H3/t14-,16-/m0/s1. The second-order valence-corrected chi connectivity index (χ2v) is 6.55. The summed E-state index contributed by atoms with van der Waals surface area (Å²) in [5.41, 5.74) is 1.11. The average Bonchev–Trinajstić information content (AvgIpc) is 3.11. The second kappa shape index (κ2) is 6.70. The zero-order valence-electron chi connectivity index (χ0n) is 14.5. The van der Waals surface area contributed by atoms with Crippen molar-refractivity contribution in [2.45, 2.75) is 32.9 Å². The Balaban J connectivity index is 1.79. The Labute approximate surface area is 146 Å². The number of hydrogen-bond acceptors (Lipinski definition) is 5. The topological polar surface area (TPSA) is 72.9 Å². The molecular weight excluding hydrogens is 322 g/mol. The van der Waals surface area contributed by atoms with E-state index in [4.69, 9.17) is 9.47 Å². The van der Waals surface area contributed by atoms with Crippen molar-refractivity contribution in [2.24, 2.45) is 11.8 Å². The zero-order valence-corrected chi connectivity index (χ0v) is 14.5. The van der Waals surface area contributed by atoms with Gasteiger partial charge in [-0.05, 0) is 38.0 Å². The minimum absolute atomic E-state index is 0.175. The largest absolute Gasteiger partial charge is 0.497 e. The molecule has 25 heavy (non-hydrogen) atoms. The van der Waals surface area contributed by atoms with E-state index >= 15 is 0 Å². The minimum Gasteiger partial charge on any atom is -0.497 e. The first-order valence-corrected chi connectivity index (χ1v) is 8.31. The molecule has 6 heteroatoms. The Kier molecular flexibility index (Phi) is 4.61. The average molecular weight is 343 g/mol. The molecule has 6 nitrogen and oxygen atoms in total. The van der Waals surface area contributed by atoms with Gasteiger partial charge < -0.3 is 9.47 Å². The van der Waals surface area contributed by atoms with Gasteiger partial charge in [0.05, 0.1) is 31.6 Å². The Morgan fingerprint density at radius 1 is 1.28 bits per heavy atom. The van der Waals surface area contributed by atoms with Crippen LogP contribution in [0.1, 0.15) is 25.8 Å². The fourth-order valence-corrected chi connectivity index (χ4v) is 3.36. The molecule has 1 aromatic carbocycles. The monoisotopic (exact) mass is 343 g/mol. The van der Waals surface area contributed by atoms with E-state index in [1.54, 1.807) is 39.2 Å². The first-order chi connectivity index (χ1) is 11.9. The van der Waals surface area contributed by atoms with Crippen LogP contribution in [0.3, 0.4) is 0 Å². The van der Waals surface area contributed by atoms with Crippen LogP contribution in [0.25, 0.3) is 0 Å². The Bertz CT molecular complexity index is 752. The highest BCUT2D eigenvalue weighted by atomic mass is 16.5. The molecule has 132 valence electrons. The van der Waals surface area contributed by atoms with Crippen LogP contribution in [0, 0.1) is 11.8 Å². The van der Waals surface area contributed by atoms with Gasteiger partial charge in [0.2, 0.25) is 11.8 Å². The number of hydrogen-bond donors (Lipinski definition) is 0. The Morgan fingerprint density at radius 2 is 2.04 bits per heavy atom. The van der Waals surface area contributed by atoms with Crippen molar-refractivity contribution < 1.29 is 23.9 Å². The van der Waals surface area contributed by atoms with Gasteiger partial charge in [-0.3, -0.25) is 14.5 Å². The van der Waals surface area contributed by atoms with Gasteiger partial charge in [-0.1, -0.05) is 18.2 Å². The maximum Gasteiger partial charge on any atom is 0.334 e. The normalized spacial score (nSPS) is 22.2. The number of esters is 1. The van der Waals surface area contributed by atoms with Crippen molar-refractivity contribution in [3.8, 4) is 5.75 Å². The maximum absolute atomic E-state index is 12.8. The summed E-state index contributed by atoms with van der Waals surface area (Å²) in [6.07, 6.45) is 1.79. The zero-order chi connectivity index (χ0) is 18.1. The Hall–Kier alpha value is -2.63. The van der Waals surface area contributed by atoms with E-state index < -0.39 is 17.8 Å². The maximum atomic E-state index is 12.8. The molecule has 1 aromatic rings. The van der Waals surface area contributed by atoms with Crippen molar-refractivity contribution in [3.05, 3.63) is 41.5 Å². The highest BCUT2D eigenvalue weighted by Gasteiger charge is 2.53. The number of rotatable bonds is 5. The van der Waals surface area contributed by atoms with E-state index in [9.17, 15) is 14.4 Å². The molecule has 2 aliphatic rings. The van der Waals surface area contributed by atoms with Gasteiger partial charge in [-0.15, -0.1) is 0 Å². The predicted octanol–water partition coefficient (Wildman–Crippen LogP) is 2.08. The first-order valence-electron chi connectivity index (χ1n) is 8.31. The molecule has 0 spiro atoms. The number of likely N-dealkylation sites (tertiary alicyclic amines) is 1. The molecule has 0 radical (unpaired) electrons. The number of ether oxygens (including phenoxy) is 2. The molecule has 1 fully saturated rings. The molecule has 2 atom stereocenters. The lowest BCUT2D eigenvalue weighted by atomic mass is 9.94. The number of amides is 2. The van der Waals surface area contributed by atoms with Crippen LogP contribution >= 0.6 is 0 Å². The summed E-state index contributed by atoms with van der Waals surface area (Å²) < 4.78 is 10.4. The summed E-state index contributed by atoms with van der Waals surface area (Å²) in [4.78, 5) is 38.9. The summed E-state index contributed by atoms with van der Waals surface area (Å²) >= 11 is 0. The molecule has 1 aliphatic carbocycles. The highest BCUT2D eigenvalue weighted by Crippen LogP contribution is 2.41. The number of imide groups is 1. The second-order valence-electron chi connectivity index (χ2n) is 6.55. The number of allylic oxidation sites excluding steroid dienone is 1. The van der Waals surface area contributed by atoms with Gasteiger partial charge in [0, 0.05) is 5.57 Å². The molecule has 2 amide bonds. The summed E-state index contributed by atoms with van der Waals surface area (Å²) in [6, 6.07) is 7.24. The Morgan fingerprint density at radius 3 is 2.72 bits per heavy atom. The molecule has 0 N–H and O–H groups in total. The lowest BCUT2D eigenvalue weighted by Gasteiger charge is -2.17. The number of fused-ring (bicyclic) bond motifs is 1. The number of benzene rings is 1. The van der Waals surface area contributed by atoms with Crippen molar-refractivity contribution >= 4 is 17.8 Å². The van der Waals surface area contributed by atoms with Crippen LogP contribution in [0.4, 0.5) is 0 Å². The van der Waals surface area contributed by atoms with E-state index in [1.165, 1.54) is 4.90 Å². The van der Waals surface area contributed by atoms with Crippen molar-refractivity contribution in [1.82, 2.24) is 4.90 Å². The lowest BCUT2D eigenvalue weighted by molar-refractivity contribution is -0.145. The van der Waals surface area contributed by atoms with Gasteiger partial charge in [0.25, 0.3) is 0 Å². The molecule has 1 saturated heterocycles. The number of carbonyl (C=O) groups excluding carboxylic acids is 3. The molecule has 1 heterocycles. The van der Waals surface area contributed by atoms with Crippen LogP contribution in [0.2, 0.25) is 0 Å². The minimum atomic E-state index is -0.718. The van der Waals surface area contributed by atoms with Crippen LogP contribution in [-0.4, -0.2) is 35.9 Å². The number of nitrogens with zero attached hydrogens (tertiary/aromatic N) is 1. The summed E-state index contributed by atoms with van der Waals surface area (Å²) in [7, 11) is 1.56. The van der Waals surface area contributed by atoms with Crippen molar-refractivity contribution in [3.63, 3.8) is 0 Å². The molecular formula is C19H21NO5. The van der Waals surface area contributed by atoms with Gasteiger partial charge in [-0.2, -0.15) is 0 Å². The third-order valence-electron chi connectivity index (χ3n) is 4.50. The molecule has 0 aromatic heterocycles. The number of methoxy groups -OCH3 is 1. The van der Waals surface area contributed by atoms with Gasteiger partial charge >= 0.3 is 5.97 Å². The fourth-order valence-electron chi connectivity index (χ4n) is 3.36. The quantitative estimate of drug-likeness (QED) is 0.604. The predicted molar refractivity (Wildman–Crippen MR) is 89.5 cm³/mol. The summed E-state index contributed by atoms with van der Waals surface area (Å²) in [5, 5.41) is 0. The first kappa shape index (κ1) is 17.2. The van der Waals surface area contributed by atoms with E-state index in [0.717, 1.165) is 5.56 Å². The third-order valence-corrected chi connectivity index (χ3v) is 4.50. The van der Waals surface area contributed by atoms with Crippen LogP contribution in [0.15, 0.2) is 35.9 Å². The van der Waals surface area contributed by atoms with Crippen LogP contribution in [-0.2, 0) is 25.7 Å². The van der Waals surface area contributed by atoms with E-state index in [1.807, 2.05) is 12.1 Å². The molecule has 0 unspecified atom stereocenters. The van der Waals surface area contributed by atoms with E-state index in [-0.39, 0.29) is 24.5 Å². The number of carbonyl (C=O) groups is 3. The highest BCUT2D eigenvalue weighted by molar-refractivity contribution is 6.11. The molecule has 0 bridgehead atoms. The van der Waals surface area contributed by atoms with Gasteiger partial charge in [-0.25, -0.2) is 4.79 Å². The summed E-state index contributed by atoms with van der Waals surface area (Å²) in [5.74, 6) is -1.62. The SMILES string of the molecule is COc1cccc(CN2C(=O)[C@@H]3C(C(=O)OC(C)C)=CC[C@@H]3C2=O)c1. The molecule has 3 rings (SSSR count). The van der Waals surface area contributed by atoms with Gasteiger partial charge in [0.1, 0.15) is 5.75 Å². The van der Waals surface area contributed by atoms with Crippen LogP contribution < -0.4 is 4.74 Å². The van der Waals surface area contributed by atoms with Crippen LogP contribution in [0.5, 0.6) is 5.75 Å². The van der Waals surface area contributed by atoms with Gasteiger partial charge in [0.15, 0.2) is 0 Å². The molecule has 1 aliphatic heterocycles. The lowest BCUT2D eigenvalue weighted by Crippen LogP contribution is -2.32. The molecule has 0 saturated carbocycles. The van der Waals surface area contributed by atoms with Crippen molar-refractivity contribution in [1.29, 1.82) is 0 Å². The smallest absolute Gasteiger partial charge is 0.334 e.